The van der Waals surface area contributed by atoms with Gasteiger partial charge >= 0.3 is 14.8 Å². The molecule has 0 amide bonds. The largest absolute Gasteiger partial charge is 0.500 e. The highest BCUT2D eigenvalue weighted by molar-refractivity contribution is 6.60. The van der Waals surface area contributed by atoms with Crippen molar-refractivity contribution in [3.63, 3.8) is 0 Å². The Morgan fingerprint density at radius 2 is 1.37 bits per heavy atom. The molecular formula is C30H52O7Si. The van der Waals surface area contributed by atoms with E-state index in [1.807, 2.05) is 39.0 Å². The highest BCUT2D eigenvalue weighted by atomic mass is 28.4. The molecule has 0 bridgehead atoms. The van der Waals surface area contributed by atoms with Crippen molar-refractivity contribution in [2.24, 2.45) is 0 Å². The van der Waals surface area contributed by atoms with Crippen molar-refractivity contribution in [1.82, 2.24) is 0 Å². The number of benzene rings is 1. The lowest BCUT2D eigenvalue weighted by Gasteiger charge is -2.28. The number of esters is 1. The van der Waals surface area contributed by atoms with Crippen LogP contribution in [0.2, 0.25) is 6.04 Å². The molecule has 7 nitrogen and oxygen atoms in total. The van der Waals surface area contributed by atoms with Crippen molar-refractivity contribution in [2.45, 2.75) is 97.9 Å². The van der Waals surface area contributed by atoms with Crippen LogP contribution in [0.25, 0.3) is 6.08 Å². The van der Waals surface area contributed by atoms with Crippen molar-refractivity contribution in [1.29, 1.82) is 0 Å². The van der Waals surface area contributed by atoms with Gasteiger partial charge in [0.15, 0.2) is 11.5 Å². The average Bonchev–Trinajstić information content (AvgIpc) is 2.91. The third-order valence-corrected chi connectivity index (χ3v) is 9.22. The zero-order valence-electron chi connectivity index (χ0n) is 24.6. The first kappa shape index (κ1) is 34.2. The zero-order valence-corrected chi connectivity index (χ0v) is 25.6. The molecule has 8 heteroatoms. The number of hydrogen-bond donors (Lipinski definition) is 0. The van der Waals surface area contributed by atoms with Crippen LogP contribution in [0.5, 0.6) is 11.5 Å². The summed E-state index contributed by atoms with van der Waals surface area (Å²) in [6.07, 6.45) is 14.3. The fourth-order valence-corrected chi connectivity index (χ4v) is 6.84. The van der Waals surface area contributed by atoms with Gasteiger partial charge in [0.2, 0.25) is 0 Å². The van der Waals surface area contributed by atoms with Crippen molar-refractivity contribution < 1.29 is 32.3 Å². The van der Waals surface area contributed by atoms with Crippen LogP contribution in [0.1, 0.15) is 97.5 Å². The second-order valence-corrected chi connectivity index (χ2v) is 11.9. The van der Waals surface area contributed by atoms with Gasteiger partial charge in [-0.1, -0.05) is 57.9 Å². The van der Waals surface area contributed by atoms with E-state index in [2.05, 4.69) is 6.92 Å². The van der Waals surface area contributed by atoms with Crippen LogP contribution >= 0.6 is 0 Å². The van der Waals surface area contributed by atoms with Gasteiger partial charge in [-0.05, 0) is 63.8 Å². The Morgan fingerprint density at radius 1 is 0.763 bits per heavy atom. The molecule has 1 aromatic carbocycles. The van der Waals surface area contributed by atoms with E-state index in [4.69, 9.17) is 27.5 Å². The van der Waals surface area contributed by atoms with E-state index < -0.39 is 8.80 Å². The normalized spacial score (nSPS) is 11.7. The zero-order chi connectivity index (χ0) is 27.9. The van der Waals surface area contributed by atoms with Crippen molar-refractivity contribution >= 4 is 20.8 Å². The molecule has 0 saturated heterocycles. The molecule has 0 aliphatic rings. The molecule has 0 aliphatic heterocycles. The lowest BCUT2D eigenvalue weighted by atomic mass is 10.1. The first-order valence-electron chi connectivity index (χ1n) is 14.6. The fraction of sp³-hybridized carbons (Fsp3) is 0.700. The van der Waals surface area contributed by atoms with E-state index in [0.29, 0.717) is 38.8 Å². The summed E-state index contributed by atoms with van der Waals surface area (Å²) in [5.41, 5.74) is 0.858. The van der Waals surface area contributed by atoms with Crippen LogP contribution in [0.3, 0.4) is 0 Å². The number of ether oxygens (including phenoxy) is 3. The van der Waals surface area contributed by atoms with Gasteiger partial charge in [-0.25, -0.2) is 4.79 Å². The van der Waals surface area contributed by atoms with Crippen LogP contribution in [0, 0.1) is 0 Å². The highest BCUT2D eigenvalue weighted by Gasteiger charge is 2.39. The monoisotopic (exact) mass is 552 g/mol. The van der Waals surface area contributed by atoms with Crippen LogP contribution in [-0.2, 0) is 22.8 Å². The van der Waals surface area contributed by atoms with Crippen LogP contribution in [0.4, 0.5) is 0 Å². The van der Waals surface area contributed by atoms with Gasteiger partial charge in [0.05, 0.1) is 20.3 Å². The molecule has 0 N–H and O–H groups in total. The molecule has 38 heavy (non-hydrogen) atoms. The van der Waals surface area contributed by atoms with Crippen LogP contribution in [0.15, 0.2) is 24.3 Å². The lowest BCUT2D eigenvalue weighted by molar-refractivity contribution is -0.137. The van der Waals surface area contributed by atoms with Gasteiger partial charge in [-0.2, -0.15) is 0 Å². The molecule has 0 aliphatic carbocycles. The van der Waals surface area contributed by atoms with Gasteiger partial charge in [0.25, 0.3) is 0 Å². The number of carbonyl (C=O) groups is 1. The number of carbonyl (C=O) groups excluding carboxylic acids is 1. The Morgan fingerprint density at radius 3 is 2.00 bits per heavy atom. The predicted molar refractivity (Wildman–Crippen MR) is 156 cm³/mol. The maximum absolute atomic E-state index is 12.1. The average molecular weight is 553 g/mol. The number of hydrogen-bond acceptors (Lipinski definition) is 7. The molecule has 0 saturated carbocycles. The van der Waals surface area contributed by atoms with Gasteiger partial charge in [0, 0.05) is 31.9 Å². The molecule has 0 aromatic heterocycles. The SMILES string of the molecule is CCCCCCCCOc1ccc(/C=C/C(=O)OCCCCCC[Si](OCC)(OCC)OCC)cc1OC. The summed E-state index contributed by atoms with van der Waals surface area (Å²) in [7, 11) is -0.935. The first-order valence-corrected chi connectivity index (χ1v) is 16.5. The summed E-state index contributed by atoms with van der Waals surface area (Å²) in [5.74, 6) is 1.05. The Labute approximate surface area is 232 Å². The molecule has 1 rings (SSSR count). The maximum atomic E-state index is 12.1. The van der Waals surface area contributed by atoms with Gasteiger partial charge in [-0.3, -0.25) is 0 Å². The molecule has 0 fully saturated rings. The molecular weight excluding hydrogens is 500 g/mol. The first-order chi connectivity index (χ1) is 18.5. The quantitative estimate of drug-likeness (QED) is 0.0566. The Kier molecular flexibility index (Phi) is 19.8. The minimum absolute atomic E-state index is 0.345. The minimum atomic E-state index is -2.56. The van der Waals surface area contributed by atoms with E-state index in [9.17, 15) is 4.79 Å². The third-order valence-electron chi connectivity index (χ3n) is 6.07. The van der Waals surface area contributed by atoms with Gasteiger partial charge in [-0.15, -0.1) is 0 Å². The predicted octanol–water partition coefficient (Wildman–Crippen LogP) is 7.60. The number of unbranched alkanes of at least 4 members (excludes halogenated alkanes) is 8. The topological polar surface area (TPSA) is 72.5 Å². The molecule has 0 spiro atoms. The van der Waals surface area contributed by atoms with Crippen molar-refractivity contribution in [3.8, 4) is 11.5 Å². The second kappa shape index (κ2) is 22.0. The number of rotatable bonds is 24. The second-order valence-electron chi connectivity index (χ2n) is 9.17. The van der Waals surface area contributed by atoms with Crippen LogP contribution < -0.4 is 9.47 Å². The molecule has 0 atom stereocenters. The van der Waals surface area contributed by atoms with E-state index >= 15 is 0 Å². The summed E-state index contributed by atoms with van der Waals surface area (Å²) in [4.78, 5) is 12.1. The standard InChI is InChI=1S/C30H52O7Si/c1-6-10-11-12-13-16-23-33-28-21-19-27(26-29(28)32-5)20-22-30(31)34-24-17-14-15-18-25-38(35-7-2,36-8-3)37-9-4/h19-22,26H,6-18,23-25H2,1-5H3/b22-20+. The molecule has 1 aromatic rings. The summed E-state index contributed by atoms with van der Waals surface area (Å²) >= 11 is 0. The number of methoxy groups -OCH3 is 1. The highest BCUT2D eigenvalue weighted by Crippen LogP contribution is 2.29. The van der Waals surface area contributed by atoms with Crippen molar-refractivity contribution in [2.75, 3.05) is 40.1 Å². The summed E-state index contributed by atoms with van der Waals surface area (Å²) < 4.78 is 34.4. The van der Waals surface area contributed by atoms with Gasteiger partial charge < -0.3 is 27.5 Å². The molecule has 0 heterocycles. The van der Waals surface area contributed by atoms with E-state index in [1.54, 1.807) is 13.2 Å². The Hall–Kier alpha value is -1.87. The summed E-state index contributed by atoms with van der Waals surface area (Å²) in [5, 5.41) is 0. The van der Waals surface area contributed by atoms with E-state index in [-0.39, 0.29) is 5.97 Å². The molecule has 0 radical (unpaired) electrons. The third kappa shape index (κ3) is 14.9. The van der Waals surface area contributed by atoms with E-state index in [1.165, 1.54) is 38.2 Å². The smallest absolute Gasteiger partial charge is 0.493 e. The Bertz CT molecular complexity index is 752. The fourth-order valence-electron chi connectivity index (χ4n) is 4.16. The van der Waals surface area contributed by atoms with Gasteiger partial charge in [0.1, 0.15) is 0 Å². The summed E-state index contributed by atoms with van der Waals surface area (Å²) in [6, 6.07) is 6.49. The van der Waals surface area contributed by atoms with Crippen molar-refractivity contribution in [3.05, 3.63) is 29.8 Å². The minimum Gasteiger partial charge on any atom is -0.493 e. The maximum Gasteiger partial charge on any atom is 0.500 e. The Balaban J connectivity index is 2.32. The summed E-state index contributed by atoms with van der Waals surface area (Å²) in [6.45, 7) is 11.0. The van der Waals surface area contributed by atoms with Crippen LogP contribution in [-0.4, -0.2) is 54.9 Å². The molecule has 0 unspecified atom stereocenters. The lowest BCUT2D eigenvalue weighted by Crippen LogP contribution is -2.45. The van der Waals surface area contributed by atoms with E-state index in [0.717, 1.165) is 49.5 Å². The molecule has 218 valence electrons.